The fraction of sp³-hybridized carbons (Fsp3) is 0.158. The van der Waals surface area contributed by atoms with Crippen molar-refractivity contribution in [2.24, 2.45) is 5.73 Å². The molecule has 5 N–H and O–H groups in total. The maximum Gasteiger partial charge on any atom is 0.273 e. The van der Waals surface area contributed by atoms with Gasteiger partial charge in [-0.15, -0.1) is 0 Å². The first-order chi connectivity index (χ1) is 12.9. The number of hydrogen-bond donors (Lipinski definition) is 4. The number of pyridine rings is 2. The van der Waals surface area contributed by atoms with Gasteiger partial charge in [0.05, 0.1) is 30.3 Å². The predicted octanol–water partition coefficient (Wildman–Crippen LogP) is 2.84. The van der Waals surface area contributed by atoms with Crippen molar-refractivity contribution in [3.8, 4) is 17.1 Å². The van der Waals surface area contributed by atoms with Crippen molar-refractivity contribution in [3.05, 3.63) is 47.9 Å². The number of allylic oxidation sites excluding steroid dienone is 1. The molecule has 138 valence electrons. The van der Waals surface area contributed by atoms with Gasteiger partial charge in [-0.2, -0.15) is 0 Å². The summed E-state index contributed by atoms with van der Waals surface area (Å²) in [6.45, 7) is 3.29. The minimum absolute atomic E-state index is 0.176. The number of carbonyl (C=O) groups excluding carboxylic acids is 1. The molecule has 3 heterocycles. The van der Waals surface area contributed by atoms with Crippen LogP contribution in [0.25, 0.3) is 22.3 Å². The number of methoxy groups -OCH3 is 1. The van der Waals surface area contributed by atoms with Crippen molar-refractivity contribution in [2.75, 3.05) is 12.4 Å². The number of aromatic nitrogens is 3. The van der Waals surface area contributed by atoms with Crippen LogP contribution in [0.4, 0.5) is 5.69 Å². The third kappa shape index (κ3) is 3.64. The lowest BCUT2D eigenvalue weighted by Crippen LogP contribution is -2.24. The number of aromatic amines is 1. The number of hydrogen-bond acceptors (Lipinski definition) is 6. The number of nitrogens with zero attached hydrogens (tertiary/aromatic N) is 2. The van der Waals surface area contributed by atoms with Gasteiger partial charge < -0.3 is 20.8 Å². The highest BCUT2D eigenvalue weighted by molar-refractivity contribution is 6.47. The van der Waals surface area contributed by atoms with E-state index < -0.39 is 5.91 Å². The molecule has 0 unspecified atom stereocenters. The van der Waals surface area contributed by atoms with Crippen LogP contribution in [0.15, 0.2) is 47.9 Å². The summed E-state index contributed by atoms with van der Waals surface area (Å²) >= 11 is 0. The Bertz CT molecular complexity index is 1060. The highest BCUT2D eigenvalue weighted by atomic mass is 16.5. The average Bonchev–Trinajstić information content (AvgIpc) is 3.09. The zero-order valence-electron chi connectivity index (χ0n) is 15.3. The molecule has 0 bridgehead atoms. The van der Waals surface area contributed by atoms with Crippen molar-refractivity contribution in [1.29, 1.82) is 5.41 Å². The molecule has 0 aliphatic heterocycles. The maximum absolute atomic E-state index is 12.2. The van der Waals surface area contributed by atoms with Crippen molar-refractivity contribution < 1.29 is 9.53 Å². The average molecular weight is 364 g/mol. The second-order valence-electron chi connectivity index (χ2n) is 6.04. The summed E-state index contributed by atoms with van der Waals surface area (Å²) in [5, 5.41) is 11.4. The van der Waals surface area contributed by atoms with Crippen molar-refractivity contribution in [2.45, 2.75) is 13.8 Å². The first kappa shape index (κ1) is 18.1. The summed E-state index contributed by atoms with van der Waals surface area (Å²) in [6, 6.07) is 7.40. The third-order valence-electron chi connectivity index (χ3n) is 4.18. The number of rotatable bonds is 5. The van der Waals surface area contributed by atoms with E-state index in [0.29, 0.717) is 28.5 Å². The maximum atomic E-state index is 12.2. The van der Waals surface area contributed by atoms with Crippen LogP contribution >= 0.6 is 0 Å². The van der Waals surface area contributed by atoms with E-state index in [2.05, 4.69) is 20.3 Å². The number of carbonyl (C=O) groups is 1. The molecule has 0 saturated carbocycles. The summed E-state index contributed by atoms with van der Waals surface area (Å²) < 4.78 is 5.29. The van der Waals surface area contributed by atoms with Gasteiger partial charge in [0.2, 0.25) is 5.88 Å². The monoisotopic (exact) mass is 364 g/mol. The molecule has 0 atom stereocenters. The predicted molar refractivity (Wildman–Crippen MR) is 105 cm³/mol. The van der Waals surface area contributed by atoms with Crippen LogP contribution in [-0.4, -0.2) is 33.7 Å². The molecule has 0 aromatic carbocycles. The first-order valence-corrected chi connectivity index (χ1v) is 8.22. The topological polar surface area (TPSA) is 130 Å². The van der Waals surface area contributed by atoms with Gasteiger partial charge in [-0.1, -0.05) is 0 Å². The largest absolute Gasteiger partial charge is 0.481 e. The van der Waals surface area contributed by atoms with Crippen LogP contribution < -0.4 is 15.8 Å². The van der Waals surface area contributed by atoms with Crippen LogP contribution in [0.1, 0.15) is 13.8 Å². The number of amides is 1. The van der Waals surface area contributed by atoms with Gasteiger partial charge in [-0.05, 0) is 43.7 Å². The second-order valence-corrected chi connectivity index (χ2v) is 6.04. The van der Waals surface area contributed by atoms with Gasteiger partial charge >= 0.3 is 0 Å². The summed E-state index contributed by atoms with van der Waals surface area (Å²) in [4.78, 5) is 24.0. The molecule has 8 heteroatoms. The molecule has 3 aromatic heterocycles. The van der Waals surface area contributed by atoms with Crippen molar-refractivity contribution in [3.63, 3.8) is 0 Å². The SMILES string of the molecule is COc1ncccc1-c1cc2cc(NC(=O)C(=N)/C(C)=C(/C)N)cnc2[nH]1. The lowest BCUT2D eigenvalue weighted by Gasteiger charge is -2.07. The molecule has 0 saturated heterocycles. The third-order valence-corrected chi connectivity index (χ3v) is 4.18. The Hall–Kier alpha value is -3.68. The normalized spacial score (nSPS) is 11.8. The number of nitrogens with two attached hydrogens (primary N) is 1. The van der Waals surface area contributed by atoms with E-state index in [-0.39, 0.29) is 5.71 Å². The summed E-state index contributed by atoms with van der Waals surface area (Å²) in [6.07, 6.45) is 3.19. The quantitative estimate of drug-likeness (QED) is 0.517. The Morgan fingerprint density at radius 3 is 2.78 bits per heavy atom. The smallest absolute Gasteiger partial charge is 0.273 e. The van der Waals surface area contributed by atoms with E-state index in [1.54, 1.807) is 33.2 Å². The molecular formula is C19H20N6O2. The van der Waals surface area contributed by atoms with Crippen LogP contribution in [0, 0.1) is 5.41 Å². The van der Waals surface area contributed by atoms with E-state index in [9.17, 15) is 4.79 Å². The number of anilines is 1. The molecule has 1 amide bonds. The lowest BCUT2D eigenvalue weighted by atomic mass is 10.1. The Balaban J connectivity index is 1.89. The van der Waals surface area contributed by atoms with Gasteiger partial charge in [0, 0.05) is 17.3 Å². The highest BCUT2D eigenvalue weighted by Crippen LogP contribution is 2.30. The van der Waals surface area contributed by atoms with Crippen LogP contribution in [-0.2, 0) is 4.79 Å². The molecule has 0 spiro atoms. The van der Waals surface area contributed by atoms with E-state index in [4.69, 9.17) is 15.9 Å². The molecule has 3 rings (SSSR count). The van der Waals surface area contributed by atoms with Crippen LogP contribution in [0.2, 0.25) is 0 Å². The summed E-state index contributed by atoms with van der Waals surface area (Å²) in [5.41, 5.74) is 9.11. The van der Waals surface area contributed by atoms with E-state index in [1.807, 2.05) is 18.2 Å². The van der Waals surface area contributed by atoms with Gasteiger partial charge in [0.15, 0.2) is 0 Å². The first-order valence-electron chi connectivity index (χ1n) is 8.22. The minimum atomic E-state index is -0.539. The molecule has 8 nitrogen and oxygen atoms in total. The van der Waals surface area contributed by atoms with Crippen LogP contribution in [0.5, 0.6) is 5.88 Å². The molecule has 0 aliphatic carbocycles. The van der Waals surface area contributed by atoms with Gasteiger partial charge in [0.1, 0.15) is 11.4 Å². The van der Waals surface area contributed by atoms with Gasteiger partial charge in [-0.25, -0.2) is 9.97 Å². The zero-order valence-corrected chi connectivity index (χ0v) is 15.3. The molecule has 0 radical (unpaired) electrons. The highest BCUT2D eigenvalue weighted by Gasteiger charge is 2.15. The fourth-order valence-corrected chi connectivity index (χ4v) is 2.55. The number of H-pyrrole nitrogens is 1. The second kappa shape index (κ2) is 7.28. The summed E-state index contributed by atoms with van der Waals surface area (Å²) in [7, 11) is 1.56. The Kier molecular flexibility index (Phi) is 4.89. The van der Waals surface area contributed by atoms with Gasteiger partial charge in [0.25, 0.3) is 5.91 Å². The molecule has 0 fully saturated rings. The van der Waals surface area contributed by atoms with E-state index in [1.165, 1.54) is 6.20 Å². The minimum Gasteiger partial charge on any atom is -0.481 e. The van der Waals surface area contributed by atoms with E-state index in [0.717, 1.165) is 16.6 Å². The molecule has 0 aliphatic rings. The number of nitrogens with one attached hydrogen (secondary N) is 3. The van der Waals surface area contributed by atoms with E-state index >= 15 is 0 Å². The lowest BCUT2D eigenvalue weighted by molar-refractivity contribution is -0.110. The van der Waals surface area contributed by atoms with Crippen LogP contribution in [0.3, 0.4) is 0 Å². The standard InChI is InChI=1S/C19H20N6O2/c1-10(11(2)20)16(21)18(26)24-13-7-12-8-15(25-17(12)23-9-13)14-5-4-6-22-19(14)27-3/h4-9,21H,20H2,1-3H3,(H,23,25)(H,24,26)/b11-10-,21-16?. The number of fused-ring (bicyclic) bond motifs is 1. The Morgan fingerprint density at radius 1 is 1.30 bits per heavy atom. The Morgan fingerprint density at radius 2 is 2.07 bits per heavy atom. The van der Waals surface area contributed by atoms with Crippen molar-refractivity contribution in [1.82, 2.24) is 15.0 Å². The molecule has 3 aromatic rings. The number of ether oxygens (including phenoxy) is 1. The molecule has 27 heavy (non-hydrogen) atoms. The zero-order chi connectivity index (χ0) is 19.6. The van der Waals surface area contributed by atoms with Gasteiger partial charge in [-0.3, -0.25) is 10.2 Å². The Labute approximate surface area is 156 Å². The van der Waals surface area contributed by atoms with Crippen molar-refractivity contribution >= 4 is 28.3 Å². The molecular weight excluding hydrogens is 344 g/mol. The fourth-order valence-electron chi connectivity index (χ4n) is 2.55. The summed E-state index contributed by atoms with van der Waals surface area (Å²) in [5.74, 6) is -0.0337.